The van der Waals surface area contributed by atoms with Crippen molar-refractivity contribution < 1.29 is 4.79 Å². The Morgan fingerprint density at radius 2 is 2.08 bits per heavy atom. The maximum Gasteiger partial charge on any atom is 0.236 e. The minimum absolute atomic E-state index is 0.0872. The van der Waals surface area contributed by atoms with Gasteiger partial charge >= 0.3 is 0 Å². The zero-order valence-corrected chi connectivity index (χ0v) is 16.2. The Morgan fingerprint density at radius 3 is 2.81 bits per heavy atom. The number of thiazole rings is 1. The molecule has 1 amide bonds. The number of carbonyl (C=O) groups is 1. The Hall–Kier alpha value is -2.19. The maximum absolute atomic E-state index is 12.2. The highest BCUT2D eigenvalue weighted by Gasteiger charge is 2.29. The molecule has 1 aromatic carbocycles. The Balaban J connectivity index is 1.34. The molecule has 0 bridgehead atoms. The zero-order valence-electron chi connectivity index (χ0n) is 14.6. The third-order valence-electron chi connectivity index (χ3n) is 4.24. The van der Waals surface area contributed by atoms with Crippen molar-refractivity contribution in [3.8, 4) is 11.3 Å². The second-order valence-electron chi connectivity index (χ2n) is 6.41. The number of nitrogens with one attached hydrogen (secondary N) is 1. The molecule has 4 rings (SSSR count). The van der Waals surface area contributed by atoms with Gasteiger partial charge in [0.1, 0.15) is 5.82 Å². The molecular weight excluding hydrogens is 366 g/mol. The van der Waals surface area contributed by atoms with Crippen molar-refractivity contribution >= 4 is 34.1 Å². The van der Waals surface area contributed by atoms with Crippen LogP contribution >= 0.6 is 23.1 Å². The number of rotatable bonds is 6. The van der Waals surface area contributed by atoms with Gasteiger partial charge in [0.15, 0.2) is 10.3 Å². The summed E-state index contributed by atoms with van der Waals surface area (Å²) in [5.41, 5.74) is 3.14. The summed E-state index contributed by atoms with van der Waals surface area (Å²) < 4.78 is 1.99. The van der Waals surface area contributed by atoms with E-state index in [9.17, 15) is 4.79 Å². The first-order valence-electron chi connectivity index (χ1n) is 8.44. The van der Waals surface area contributed by atoms with E-state index in [-0.39, 0.29) is 11.7 Å². The van der Waals surface area contributed by atoms with Gasteiger partial charge in [0.05, 0.1) is 11.4 Å². The van der Waals surface area contributed by atoms with Gasteiger partial charge in [-0.25, -0.2) is 4.98 Å². The standard InChI is InChI=1S/C18H19N5OS2/c1-11-3-5-12(6-4-11)14-9-25-17(19-14)20-15(24)10-26-18-22-21-16(23(18)2)13-7-8-13/h3-6,9,13H,7-8,10H2,1-2H3,(H,19,20,24). The SMILES string of the molecule is Cc1ccc(-c2csc(NC(=O)CSc3nnc(C4CC4)n3C)n2)cc1. The Kier molecular flexibility index (Phi) is 4.78. The van der Waals surface area contributed by atoms with E-state index < -0.39 is 0 Å². The van der Waals surface area contributed by atoms with E-state index in [1.165, 1.54) is 41.5 Å². The summed E-state index contributed by atoms with van der Waals surface area (Å²) in [5, 5.41) is 14.6. The highest BCUT2D eigenvalue weighted by molar-refractivity contribution is 7.99. The Bertz CT molecular complexity index is 927. The first-order valence-corrected chi connectivity index (χ1v) is 10.3. The molecule has 134 valence electrons. The van der Waals surface area contributed by atoms with Crippen LogP contribution in [0, 0.1) is 6.92 Å². The molecule has 6 nitrogen and oxygen atoms in total. The molecule has 8 heteroatoms. The van der Waals surface area contributed by atoms with E-state index in [4.69, 9.17) is 0 Å². The summed E-state index contributed by atoms with van der Waals surface area (Å²) in [5.74, 6) is 1.77. The highest BCUT2D eigenvalue weighted by atomic mass is 32.2. The van der Waals surface area contributed by atoms with Gasteiger partial charge in [-0.2, -0.15) is 0 Å². The molecule has 1 fully saturated rings. The molecule has 2 aromatic heterocycles. The number of nitrogens with zero attached hydrogens (tertiary/aromatic N) is 4. The van der Waals surface area contributed by atoms with Crippen LogP contribution in [0.1, 0.15) is 30.1 Å². The minimum Gasteiger partial charge on any atom is -0.309 e. The minimum atomic E-state index is -0.0872. The van der Waals surface area contributed by atoms with Gasteiger partial charge in [-0.15, -0.1) is 21.5 Å². The van der Waals surface area contributed by atoms with Gasteiger partial charge in [0.25, 0.3) is 0 Å². The van der Waals surface area contributed by atoms with Crippen LogP contribution in [0.15, 0.2) is 34.8 Å². The summed E-state index contributed by atoms with van der Waals surface area (Å²) >= 11 is 2.83. The van der Waals surface area contributed by atoms with Crippen molar-refractivity contribution in [1.29, 1.82) is 0 Å². The van der Waals surface area contributed by atoms with Crippen LogP contribution in [0.4, 0.5) is 5.13 Å². The second-order valence-corrected chi connectivity index (χ2v) is 8.22. The largest absolute Gasteiger partial charge is 0.309 e. The fraction of sp³-hybridized carbons (Fsp3) is 0.333. The van der Waals surface area contributed by atoms with Crippen LogP contribution in [-0.4, -0.2) is 31.4 Å². The van der Waals surface area contributed by atoms with Gasteiger partial charge in [-0.1, -0.05) is 41.6 Å². The first-order chi connectivity index (χ1) is 12.6. The van der Waals surface area contributed by atoms with E-state index in [2.05, 4.69) is 39.6 Å². The van der Waals surface area contributed by atoms with E-state index in [1.807, 2.05) is 29.1 Å². The summed E-state index contributed by atoms with van der Waals surface area (Å²) in [6, 6.07) is 8.19. The average Bonchev–Trinajstić information content (AvgIpc) is 3.25. The number of anilines is 1. The van der Waals surface area contributed by atoms with Gasteiger partial charge in [-0.05, 0) is 19.8 Å². The predicted octanol–water partition coefficient (Wildman–Crippen LogP) is 3.86. The highest BCUT2D eigenvalue weighted by Crippen LogP contribution is 2.39. The Labute approximate surface area is 160 Å². The fourth-order valence-corrected chi connectivity index (χ4v) is 4.08. The molecule has 1 aliphatic carbocycles. The second kappa shape index (κ2) is 7.20. The summed E-state index contributed by atoms with van der Waals surface area (Å²) in [6.45, 7) is 2.05. The van der Waals surface area contributed by atoms with E-state index in [0.29, 0.717) is 11.0 Å². The van der Waals surface area contributed by atoms with Crippen molar-refractivity contribution in [3.05, 3.63) is 41.0 Å². The van der Waals surface area contributed by atoms with Crippen LogP contribution < -0.4 is 5.32 Å². The van der Waals surface area contributed by atoms with Crippen LogP contribution in [-0.2, 0) is 11.8 Å². The van der Waals surface area contributed by atoms with Crippen molar-refractivity contribution in [2.45, 2.75) is 30.8 Å². The third kappa shape index (κ3) is 3.81. The molecule has 0 unspecified atom stereocenters. The average molecular weight is 386 g/mol. The molecule has 1 N–H and O–H groups in total. The van der Waals surface area contributed by atoms with Crippen molar-refractivity contribution in [2.24, 2.45) is 7.05 Å². The number of amides is 1. The van der Waals surface area contributed by atoms with Gasteiger partial charge in [0.2, 0.25) is 5.91 Å². The lowest BCUT2D eigenvalue weighted by atomic mass is 10.1. The number of aromatic nitrogens is 4. The molecule has 2 heterocycles. The van der Waals surface area contributed by atoms with Gasteiger partial charge < -0.3 is 9.88 Å². The maximum atomic E-state index is 12.2. The topological polar surface area (TPSA) is 72.7 Å². The smallest absolute Gasteiger partial charge is 0.236 e. The molecule has 0 aliphatic heterocycles. The fourth-order valence-electron chi connectivity index (χ4n) is 2.62. The number of hydrogen-bond acceptors (Lipinski definition) is 6. The van der Waals surface area contributed by atoms with Crippen molar-refractivity contribution in [2.75, 3.05) is 11.1 Å². The van der Waals surface area contributed by atoms with E-state index in [1.54, 1.807) is 0 Å². The molecule has 0 atom stereocenters. The quantitative estimate of drug-likeness (QED) is 0.653. The molecule has 1 aliphatic rings. The predicted molar refractivity (Wildman–Crippen MR) is 105 cm³/mol. The molecule has 0 spiro atoms. The molecule has 0 radical (unpaired) electrons. The van der Waals surface area contributed by atoms with Gasteiger partial charge in [-0.3, -0.25) is 4.79 Å². The zero-order chi connectivity index (χ0) is 18.1. The van der Waals surface area contributed by atoms with Crippen LogP contribution in [0.25, 0.3) is 11.3 Å². The van der Waals surface area contributed by atoms with Crippen LogP contribution in [0.2, 0.25) is 0 Å². The van der Waals surface area contributed by atoms with E-state index >= 15 is 0 Å². The first kappa shape index (κ1) is 17.2. The number of aryl methyl sites for hydroxylation is 1. The normalized spacial score (nSPS) is 13.8. The van der Waals surface area contributed by atoms with Crippen molar-refractivity contribution in [1.82, 2.24) is 19.7 Å². The molecule has 3 aromatic rings. The summed E-state index contributed by atoms with van der Waals surface area (Å²) in [7, 11) is 1.96. The third-order valence-corrected chi connectivity index (χ3v) is 6.02. The molecule has 0 saturated heterocycles. The van der Waals surface area contributed by atoms with Crippen molar-refractivity contribution in [3.63, 3.8) is 0 Å². The number of carbonyl (C=O) groups excluding carboxylic acids is 1. The lowest BCUT2D eigenvalue weighted by molar-refractivity contribution is -0.113. The lowest BCUT2D eigenvalue weighted by Crippen LogP contribution is -2.14. The Morgan fingerprint density at radius 1 is 1.31 bits per heavy atom. The molecule has 26 heavy (non-hydrogen) atoms. The van der Waals surface area contributed by atoms with Crippen LogP contribution in [0.5, 0.6) is 0 Å². The summed E-state index contributed by atoms with van der Waals surface area (Å²) in [4.78, 5) is 16.7. The lowest BCUT2D eigenvalue weighted by Gasteiger charge is -2.03. The van der Waals surface area contributed by atoms with E-state index in [0.717, 1.165) is 22.2 Å². The van der Waals surface area contributed by atoms with Crippen LogP contribution in [0.3, 0.4) is 0 Å². The number of hydrogen-bond donors (Lipinski definition) is 1. The monoisotopic (exact) mass is 385 g/mol. The molecule has 1 saturated carbocycles. The summed E-state index contributed by atoms with van der Waals surface area (Å²) in [6.07, 6.45) is 2.37. The number of thioether (sulfide) groups is 1. The number of benzene rings is 1. The van der Waals surface area contributed by atoms with Gasteiger partial charge in [0, 0.05) is 23.9 Å². The molecular formula is C18H19N5OS2.